The molecule has 1 atom stereocenters. The van der Waals surface area contributed by atoms with Crippen LogP contribution < -0.4 is 5.73 Å². The molecule has 0 aliphatic carbocycles. The van der Waals surface area contributed by atoms with E-state index in [9.17, 15) is 13.2 Å². The van der Waals surface area contributed by atoms with Crippen LogP contribution in [0.5, 0.6) is 0 Å². The largest absolute Gasteiger partial charge is 0.389 e. The van der Waals surface area contributed by atoms with E-state index in [1.54, 1.807) is 0 Å². The van der Waals surface area contributed by atoms with Crippen molar-refractivity contribution in [2.75, 3.05) is 19.8 Å². The summed E-state index contributed by atoms with van der Waals surface area (Å²) in [6, 6.07) is -0.358. The normalized spacial score (nSPS) is 21.8. The minimum absolute atomic E-state index is 0.0559. The first-order valence-electron chi connectivity index (χ1n) is 6.44. The molecule has 1 rings (SSSR count). The van der Waals surface area contributed by atoms with Crippen molar-refractivity contribution in [1.29, 1.82) is 0 Å². The Kier molecular flexibility index (Phi) is 5.88. The molecule has 6 heteroatoms. The molecule has 0 aromatic carbocycles. The maximum absolute atomic E-state index is 12.1. The fraction of sp³-hybridized carbons (Fsp3) is 1.00. The Bertz CT molecular complexity index is 234. The quantitative estimate of drug-likeness (QED) is 0.806. The lowest BCUT2D eigenvalue weighted by atomic mass is 9.84. The van der Waals surface area contributed by atoms with Gasteiger partial charge in [0.25, 0.3) is 0 Å². The van der Waals surface area contributed by atoms with Crippen molar-refractivity contribution < 1.29 is 22.6 Å². The maximum Gasteiger partial charge on any atom is 0.389 e. The number of rotatable bonds is 6. The van der Waals surface area contributed by atoms with Crippen molar-refractivity contribution in [1.82, 2.24) is 0 Å². The molecule has 0 bridgehead atoms. The van der Waals surface area contributed by atoms with Crippen LogP contribution in [0.4, 0.5) is 13.2 Å². The standard InChI is InChI=1S/C12H22F3NO2/c1-2-18-11(6-8-17-9-7-11)10(16)4-3-5-12(13,14)15/h10H,2-9,16H2,1H3. The summed E-state index contributed by atoms with van der Waals surface area (Å²) in [4.78, 5) is 0. The van der Waals surface area contributed by atoms with Gasteiger partial charge in [0.1, 0.15) is 0 Å². The fourth-order valence-electron chi connectivity index (χ4n) is 2.41. The molecule has 1 fully saturated rings. The molecule has 0 aromatic rings. The molecule has 1 aliphatic rings. The second kappa shape index (κ2) is 6.73. The zero-order valence-electron chi connectivity index (χ0n) is 10.8. The van der Waals surface area contributed by atoms with Gasteiger partial charge in [-0.1, -0.05) is 0 Å². The Morgan fingerprint density at radius 1 is 1.33 bits per heavy atom. The van der Waals surface area contributed by atoms with Crippen LogP contribution in [-0.2, 0) is 9.47 Å². The van der Waals surface area contributed by atoms with Crippen LogP contribution in [0.25, 0.3) is 0 Å². The van der Waals surface area contributed by atoms with Crippen molar-refractivity contribution >= 4 is 0 Å². The van der Waals surface area contributed by atoms with Crippen molar-refractivity contribution in [2.24, 2.45) is 5.73 Å². The number of hydrogen-bond acceptors (Lipinski definition) is 3. The van der Waals surface area contributed by atoms with E-state index in [0.29, 0.717) is 39.1 Å². The van der Waals surface area contributed by atoms with Crippen molar-refractivity contribution in [2.45, 2.75) is 56.8 Å². The van der Waals surface area contributed by atoms with Gasteiger partial charge in [-0.2, -0.15) is 13.2 Å². The summed E-state index contributed by atoms with van der Waals surface area (Å²) in [5.74, 6) is 0. The van der Waals surface area contributed by atoms with Gasteiger partial charge < -0.3 is 15.2 Å². The third kappa shape index (κ3) is 4.74. The van der Waals surface area contributed by atoms with E-state index in [1.165, 1.54) is 0 Å². The van der Waals surface area contributed by atoms with Crippen molar-refractivity contribution in [3.05, 3.63) is 0 Å². The molecule has 3 nitrogen and oxygen atoms in total. The Morgan fingerprint density at radius 3 is 2.44 bits per heavy atom. The molecular formula is C12H22F3NO2. The van der Waals surface area contributed by atoms with Gasteiger partial charge in [-0.25, -0.2) is 0 Å². The molecule has 1 unspecified atom stereocenters. The predicted octanol–water partition coefficient (Wildman–Crippen LogP) is 2.63. The molecule has 2 N–H and O–H groups in total. The SMILES string of the molecule is CCOC1(C(N)CCCC(F)(F)F)CCOCC1. The smallest absolute Gasteiger partial charge is 0.381 e. The highest BCUT2D eigenvalue weighted by atomic mass is 19.4. The monoisotopic (exact) mass is 269 g/mol. The highest BCUT2D eigenvalue weighted by Crippen LogP contribution is 2.31. The third-order valence-electron chi connectivity index (χ3n) is 3.42. The van der Waals surface area contributed by atoms with Crippen LogP contribution in [0.15, 0.2) is 0 Å². The summed E-state index contributed by atoms with van der Waals surface area (Å²) in [6.45, 7) is 3.52. The van der Waals surface area contributed by atoms with Gasteiger partial charge in [0, 0.05) is 45.1 Å². The lowest BCUT2D eigenvalue weighted by molar-refractivity contribution is -0.141. The molecule has 1 saturated heterocycles. The van der Waals surface area contributed by atoms with Crippen LogP contribution in [0.2, 0.25) is 0 Å². The molecule has 0 radical (unpaired) electrons. The first-order chi connectivity index (χ1) is 8.40. The van der Waals surface area contributed by atoms with E-state index >= 15 is 0 Å². The second-order valence-electron chi connectivity index (χ2n) is 4.72. The zero-order valence-corrected chi connectivity index (χ0v) is 10.8. The summed E-state index contributed by atoms with van der Waals surface area (Å²) in [5, 5.41) is 0. The average Bonchev–Trinajstić information content (AvgIpc) is 2.29. The van der Waals surface area contributed by atoms with E-state index in [-0.39, 0.29) is 12.5 Å². The molecule has 18 heavy (non-hydrogen) atoms. The van der Waals surface area contributed by atoms with Crippen LogP contribution in [-0.4, -0.2) is 37.6 Å². The molecule has 1 heterocycles. The summed E-state index contributed by atoms with van der Waals surface area (Å²) >= 11 is 0. The second-order valence-corrected chi connectivity index (χ2v) is 4.72. The van der Waals surface area contributed by atoms with E-state index in [0.717, 1.165) is 0 Å². The molecule has 0 saturated carbocycles. The highest BCUT2D eigenvalue weighted by Gasteiger charge is 2.39. The molecule has 0 amide bonds. The van der Waals surface area contributed by atoms with Gasteiger partial charge in [0.2, 0.25) is 0 Å². The molecular weight excluding hydrogens is 247 g/mol. The van der Waals surface area contributed by atoms with E-state index in [1.807, 2.05) is 6.92 Å². The van der Waals surface area contributed by atoms with Gasteiger partial charge >= 0.3 is 6.18 Å². The summed E-state index contributed by atoms with van der Waals surface area (Å²) in [5.41, 5.74) is 5.55. The highest BCUT2D eigenvalue weighted by molar-refractivity contribution is 4.93. The van der Waals surface area contributed by atoms with Gasteiger partial charge in [-0.05, 0) is 19.8 Å². The topological polar surface area (TPSA) is 44.5 Å². The van der Waals surface area contributed by atoms with Crippen LogP contribution in [0, 0.1) is 0 Å². The predicted molar refractivity (Wildman–Crippen MR) is 62.3 cm³/mol. The Hall–Kier alpha value is -0.330. The minimum atomic E-state index is -4.10. The van der Waals surface area contributed by atoms with Crippen LogP contribution in [0.1, 0.15) is 39.0 Å². The van der Waals surface area contributed by atoms with Crippen molar-refractivity contribution in [3.8, 4) is 0 Å². The number of alkyl halides is 3. The van der Waals surface area contributed by atoms with Crippen LogP contribution >= 0.6 is 0 Å². The zero-order chi connectivity index (χ0) is 13.6. The van der Waals surface area contributed by atoms with Crippen molar-refractivity contribution in [3.63, 3.8) is 0 Å². The van der Waals surface area contributed by atoms with Gasteiger partial charge in [-0.3, -0.25) is 0 Å². The van der Waals surface area contributed by atoms with E-state index < -0.39 is 18.2 Å². The van der Waals surface area contributed by atoms with E-state index in [2.05, 4.69) is 0 Å². The average molecular weight is 269 g/mol. The Morgan fingerprint density at radius 2 is 1.94 bits per heavy atom. The summed E-state index contributed by atoms with van der Waals surface area (Å²) in [6.07, 6.45) is -3.17. The lowest BCUT2D eigenvalue weighted by Gasteiger charge is -2.41. The minimum Gasteiger partial charge on any atom is -0.381 e. The van der Waals surface area contributed by atoms with Gasteiger partial charge in [0.05, 0.1) is 5.60 Å². The molecule has 0 spiro atoms. The van der Waals surface area contributed by atoms with Crippen LogP contribution in [0.3, 0.4) is 0 Å². The Balaban J connectivity index is 2.46. The summed E-state index contributed by atoms with van der Waals surface area (Å²) in [7, 11) is 0. The number of ether oxygens (including phenoxy) is 2. The summed E-state index contributed by atoms with van der Waals surface area (Å²) < 4.78 is 47.3. The Labute approximate surface area is 106 Å². The number of hydrogen-bond donors (Lipinski definition) is 1. The van der Waals surface area contributed by atoms with Gasteiger partial charge in [0.15, 0.2) is 0 Å². The molecule has 0 aromatic heterocycles. The third-order valence-corrected chi connectivity index (χ3v) is 3.42. The lowest BCUT2D eigenvalue weighted by Crippen LogP contribution is -2.53. The van der Waals surface area contributed by atoms with Gasteiger partial charge in [-0.15, -0.1) is 0 Å². The first kappa shape index (κ1) is 15.7. The first-order valence-corrected chi connectivity index (χ1v) is 6.44. The molecule has 1 aliphatic heterocycles. The number of nitrogens with two attached hydrogens (primary N) is 1. The number of halogens is 3. The maximum atomic E-state index is 12.1. The fourth-order valence-corrected chi connectivity index (χ4v) is 2.41. The molecule has 108 valence electrons. The van der Waals surface area contributed by atoms with E-state index in [4.69, 9.17) is 15.2 Å².